The lowest BCUT2D eigenvalue weighted by Crippen LogP contribution is -2.34. The van der Waals surface area contributed by atoms with Gasteiger partial charge in [-0.3, -0.25) is 14.5 Å². The van der Waals surface area contributed by atoms with Crippen molar-refractivity contribution in [2.24, 2.45) is 0 Å². The van der Waals surface area contributed by atoms with Crippen LogP contribution in [0, 0.1) is 18.3 Å². The molecule has 0 saturated heterocycles. The van der Waals surface area contributed by atoms with Gasteiger partial charge in [-0.05, 0) is 24.6 Å². The Hall–Kier alpha value is -2.65. The molecule has 2 rings (SSSR count). The van der Waals surface area contributed by atoms with Gasteiger partial charge in [0.25, 0.3) is 11.8 Å². The molecule has 0 saturated carbocycles. The maximum Gasteiger partial charge on any atom is 0.277 e. The number of benzene rings is 1. The minimum absolute atomic E-state index is 0.0312. The molecule has 0 atom stereocenters. The number of carbonyl (C=O) groups is 2. The molecule has 6 nitrogen and oxygen atoms in total. The van der Waals surface area contributed by atoms with Crippen molar-refractivity contribution in [1.82, 2.24) is 4.90 Å². The molecular formula is C14H13N3O3. The van der Waals surface area contributed by atoms with E-state index in [2.05, 4.69) is 5.32 Å². The van der Waals surface area contributed by atoms with Crippen molar-refractivity contribution >= 4 is 17.5 Å². The third-order valence-electron chi connectivity index (χ3n) is 2.97. The Morgan fingerprint density at radius 2 is 2.15 bits per heavy atom. The summed E-state index contributed by atoms with van der Waals surface area (Å²) in [5, 5.41) is 20.6. The molecule has 6 heteroatoms. The molecule has 0 unspecified atom stereocenters. The van der Waals surface area contributed by atoms with Crippen LogP contribution in [0.15, 0.2) is 30.0 Å². The number of amides is 2. The van der Waals surface area contributed by atoms with Crippen molar-refractivity contribution in [2.45, 2.75) is 6.92 Å². The average molecular weight is 271 g/mol. The van der Waals surface area contributed by atoms with E-state index in [9.17, 15) is 9.59 Å². The molecule has 1 aliphatic heterocycles. The van der Waals surface area contributed by atoms with Crippen molar-refractivity contribution in [3.63, 3.8) is 0 Å². The second-order valence-electron chi connectivity index (χ2n) is 4.34. The van der Waals surface area contributed by atoms with E-state index in [-0.39, 0.29) is 18.8 Å². The normalized spacial score (nSPS) is 14.2. The molecule has 0 radical (unpaired) electrons. The van der Waals surface area contributed by atoms with Crippen molar-refractivity contribution in [1.29, 1.82) is 5.26 Å². The molecule has 20 heavy (non-hydrogen) atoms. The Balaban J connectivity index is 2.24. The lowest BCUT2D eigenvalue weighted by molar-refractivity contribution is -0.137. The van der Waals surface area contributed by atoms with Gasteiger partial charge in [0.1, 0.15) is 5.70 Å². The number of anilines is 1. The fourth-order valence-corrected chi connectivity index (χ4v) is 1.88. The maximum atomic E-state index is 12.0. The van der Waals surface area contributed by atoms with Crippen LogP contribution in [-0.2, 0) is 9.59 Å². The van der Waals surface area contributed by atoms with E-state index in [1.54, 1.807) is 18.2 Å². The molecule has 2 amide bonds. The summed E-state index contributed by atoms with van der Waals surface area (Å²) in [6.07, 6.45) is 1.19. The van der Waals surface area contributed by atoms with E-state index in [1.807, 2.05) is 13.0 Å². The molecule has 0 spiro atoms. The van der Waals surface area contributed by atoms with Crippen LogP contribution < -0.4 is 5.32 Å². The highest BCUT2D eigenvalue weighted by Gasteiger charge is 2.30. The number of imide groups is 1. The van der Waals surface area contributed by atoms with E-state index >= 15 is 0 Å². The van der Waals surface area contributed by atoms with Crippen LogP contribution in [0.25, 0.3) is 0 Å². The van der Waals surface area contributed by atoms with Crippen LogP contribution in [0.3, 0.4) is 0 Å². The zero-order valence-electron chi connectivity index (χ0n) is 10.9. The van der Waals surface area contributed by atoms with E-state index in [0.717, 1.165) is 10.5 Å². The summed E-state index contributed by atoms with van der Waals surface area (Å²) in [5.41, 5.74) is 2.05. The summed E-state index contributed by atoms with van der Waals surface area (Å²) in [6, 6.07) is 7.06. The number of nitrogens with one attached hydrogen (secondary N) is 1. The second-order valence-corrected chi connectivity index (χ2v) is 4.34. The summed E-state index contributed by atoms with van der Waals surface area (Å²) >= 11 is 0. The maximum absolute atomic E-state index is 12.0. The number of aliphatic hydroxyl groups is 1. The Bertz CT molecular complexity index is 644. The van der Waals surface area contributed by atoms with E-state index in [0.29, 0.717) is 11.3 Å². The highest BCUT2D eigenvalue weighted by molar-refractivity contribution is 6.17. The first kappa shape index (κ1) is 13.8. The minimum Gasteiger partial charge on any atom is -0.395 e. The topological polar surface area (TPSA) is 93.4 Å². The highest BCUT2D eigenvalue weighted by atomic mass is 16.3. The number of rotatable bonds is 4. The second kappa shape index (κ2) is 5.55. The number of β-amino-alcohol motifs (C(OH)–C–C–N with tert-alkyl or cyclic N) is 1. The summed E-state index contributed by atoms with van der Waals surface area (Å²) < 4.78 is 0. The molecule has 1 heterocycles. The quantitative estimate of drug-likeness (QED) is 0.779. The summed E-state index contributed by atoms with van der Waals surface area (Å²) in [5.74, 6) is -0.938. The van der Waals surface area contributed by atoms with Crippen molar-refractivity contribution in [3.8, 4) is 6.07 Å². The van der Waals surface area contributed by atoms with Crippen molar-refractivity contribution < 1.29 is 14.7 Å². The average Bonchev–Trinajstić information content (AvgIpc) is 2.69. The number of nitriles is 1. The zero-order valence-corrected chi connectivity index (χ0v) is 10.9. The molecule has 0 bridgehead atoms. The Morgan fingerprint density at radius 3 is 2.80 bits per heavy atom. The molecule has 0 aliphatic carbocycles. The molecule has 2 N–H and O–H groups in total. The molecule has 1 aromatic carbocycles. The van der Waals surface area contributed by atoms with Gasteiger partial charge >= 0.3 is 0 Å². The van der Waals surface area contributed by atoms with Crippen molar-refractivity contribution in [3.05, 3.63) is 41.1 Å². The molecule has 0 fully saturated rings. The lowest BCUT2D eigenvalue weighted by atomic mass is 10.1. The molecular weight excluding hydrogens is 258 g/mol. The minimum atomic E-state index is -0.481. The number of aliphatic hydroxyl groups excluding tert-OH is 1. The third kappa shape index (κ3) is 2.53. The van der Waals surface area contributed by atoms with Gasteiger partial charge in [-0.1, -0.05) is 6.07 Å². The van der Waals surface area contributed by atoms with Gasteiger partial charge in [-0.25, -0.2) is 0 Å². The summed E-state index contributed by atoms with van der Waals surface area (Å²) in [4.78, 5) is 24.5. The first-order valence-electron chi connectivity index (χ1n) is 6.03. The molecule has 1 aliphatic rings. The molecule has 0 aromatic heterocycles. The van der Waals surface area contributed by atoms with Crippen LogP contribution in [0.5, 0.6) is 0 Å². The van der Waals surface area contributed by atoms with Gasteiger partial charge < -0.3 is 10.4 Å². The fourth-order valence-electron chi connectivity index (χ4n) is 1.88. The Labute approximate surface area is 115 Å². The number of hydrogen-bond donors (Lipinski definition) is 2. The van der Waals surface area contributed by atoms with Crippen LogP contribution >= 0.6 is 0 Å². The van der Waals surface area contributed by atoms with Crippen molar-refractivity contribution in [2.75, 3.05) is 18.5 Å². The van der Waals surface area contributed by atoms with Gasteiger partial charge in [0.2, 0.25) is 0 Å². The van der Waals surface area contributed by atoms with E-state index in [1.165, 1.54) is 6.08 Å². The van der Waals surface area contributed by atoms with Crippen LogP contribution in [0.1, 0.15) is 11.1 Å². The van der Waals surface area contributed by atoms with E-state index in [4.69, 9.17) is 10.4 Å². The molecule has 1 aromatic rings. The predicted octanol–water partition coefficient (Wildman–Crippen LogP) is 0.524. The highest BCUT2D eigenvalue weighted by Crippen LogP contribution is 2.21. The fraction of sp³-hybridized carbons (Fsp3) is 0.214. The number of nitrogens with zero attached hydrogens (tertiary/aromatic N) is 2. The molecule has 102 valence electrons. The Kier molecular flexibility index (Phi) is 3.82. The predicted molar refractivity (Wildman–Crippen MR) is 71.4 cm³/mol. The van der Waals surface area contributed by atoms with Gasteiger partial charge in [-0.15, -0.1) is 0 Å². The first-order chi connectivity index (χ1) is 9.56. The first-order valence-corrected chi connectivity index (χ1v) is 6.03. The number of carbonyl (C=O) groups excluding carboxylic acids is 2. The standard InChI is InChI=1S/C14H13N3O3/c1-9-2-3-10(8-15)6-11(9)16-12-7-13(19)17(4-5-18)14(12)20/h2-3,6-7,16,18H,4-5H2,1H3. The van der Waals surface area contributed by atoms with Gasteiger partial charge in [0, 0.05) is 11.8 Å². The lowest BCUT2D eigenvalue weighted by Gasteiger charge is -2.14. The SMILES string of the molecule is Cc1ccc(C#N)cc1NC1=CC(=O)N(CCO)C1=O. The van der Waals surface area contributed by atoms with Crippen LogP contribution in [0.2, 0.25) is 0 Å². The van der Waals surface area contributed by atoms with E-state index < -0.39 is 11.8 Å². The van der Waals surface area contributed by atoms with Crippen LogP contribution in [0.4, 0.5) is 5.69 Å². The van der Waals surface area contributed by atoms with Gasteiger partial charge in [0.05, 0.1) is 24.8 Å². The Morgan fingerprint density at radius 1 is 1.40 bits per heavy atom. The number of hydrogen-bond acceptors (Lipinski definition) is 5. The van der Waals surface area contributed by atoms with Gasteiger partial charge in [-0.2, -0.15) is 5.26 Å². The zero-order chi connectivity index (χ0) is 14.7. The smallest absolute Gasteiger partial charge is 0.277 e. The summed E-state index contributed by atoms with van der Waals surface area (Å²) in [6.45, 7) is 1.52. The summed E-state index contributed by atoms with van der Waals surface area (Å²) in [7, 11) is 0. The largest absolute Gasteiger partial charge is 0.395 e. The monoisotopic (exact) mass is 271 g/mol. The van der Waals surface area contributed by atoms with Crippen LogP contribution in [-0.4, -0.2) is 35.0 Å². The third-order valence-corrected chi connectivity index (χ3v) is 2.97. The van der Waals surface area contributed by atoms with Gasteiger partial charge in [0.15, 0.2) is 0 Å². The number of aryl methyl sites for hydroxylation is 1.